The van der Waals surface area contributed by atoms with Crippen LogP contribution in [0, 0.1) is 0 Å². The van der Waals surface area contributed by atoms with Crippen molar-refractivity contribution in [1.29, 1.82) is 0 Å². The van der Waals surface area contributed by atoms with E-state index in [1.807, 2.05) is 73.1 Å². The van der Waals surface area contributed by atoms with Gasteiger partial charge in [0, 0.05) is 12.4 Å². The molecule has 0 amide bonds. The molecule has 0 aliphatic rings. The molecule has 3 heteroatoms. The molecule has 0 N–H and O–H groups in total. The molecule has 0 saturated heterocycles. The number of nitrogens with zero attached hydrogens (tertiary/aromatic N) is 2. The maximum absolute atomic E-state index is 12.3. The normalized spacial score (nSPS) is 10.6. The number of imidazole rings is 1. The van der Waals surface area contributed by atoms with Crippen LogP contribution < -0.4 is 5.69 Å². The average molecular weight is 264 g/mol. The van der Waals surface area contributed by atoms with E-state index in [9.17, 15) is 4.79 Å². The van der Waals surface area contributed by atoms with Crippen LogP contribution in [0.1, 0.15) is 11.1 Å². The molecule has 20 heavy (non-hydrogen) atoms. The molecule has 0 spiro atoms. The van der Waals surface area contributed by atoms with Crippen LogP contribution in [0.3, 0.4) is 0 Å². The van der Waals surface area contributed by atoms with Crippen molar-refractivity contribution < 1.29 is 0 Å². The first-order valence-electron chi connectivity index (χ1n) is 6.66. The molecule has 0 unspecified atom stereocenters. The summed E-state index contributed by atoms with van der Waals surface area (Å²) in [5.74, 6) is 0. The Labute approximate surface area is 117 Å². The number of aromatic nitrogens is 2. The van der Waals surface area contributed by atoms with Crippen LogP contribution in [0.15, 0.2) is 77.9 Å². The molecule has 1 heterocycles. The van der Waals surface area contributed by atoms with Crippen LogP contribution >= 0.6 is 0 Å². The molecule has 0 saturated carbocycles. The van der Waals surface area contributed by atoms with Gasteiger partial charge in [-0.3, -0.25) is 9.13 Å². The zero-order valence-corrected chi connectivity index (χ0v) is 11.1. The summed E-state index contributed by atoms with van der Waals surface area (Å²) in [7, 11) is 0. The number of hydrogen-bond donors (Lipinski definition) is 0. The van der Waals surface area contributed by atoms with Crippen molar-refractivity contribution in [2.45, 2.75) is 13.1 Å². The summed E-state index contributed by atoms with van der Waals surface area (Å²) in [4.78, 5) is 12.3. The molecule has 0 radical (unpaired) electrons. The molecule has 0 fully saturated rings. The van der Waals surface area contributed by atoms with Gasteiger partial charge in [-0.2, -0.15) is 0 Å². The van der Waals surface area contributed by atoms with Crippen LogP contribution in [-0.2, 0) is 13.1 Å². The van der Waals surface area contributed by atoms with E-state index in [4.69, 9.17) is 0 Å². The SMILES string of the molecule is O=c1n(Cc2ccccc2)ccn1Cc1ccccc1. The summed E-state index contributed by atoms with van der Waals surface area (Å²) >= 11 is 0. The zero-order chi connectivity index (χ0) is 13.8. The van der Waals surface area contributed by atoms with Gasteiger partial charge in [-0.15, -0.1) is 0 Å². The first-order valence-corrected chi connectivity index (χ1v) is 6.66. The Morgan fingerprint density at radius 2 is 1.05 bits per heavy atom. The Morgan fingerprint density at radius 1 is 0.650 bits per heavy atom. The maximum Gasteiger partial charge on any atom is 0.328 e. The summed E-state index contributed by atoms with van der Waals surface area (Å²) in [6.45, 7) is 1.23. The van der Waals surface area contributed by atoms with Gasteiger partial charge in [-0.25, -0.2) is 4.79 Å². The smallest absolute Gasteiger partial charge is 0.295 e. The lowest BCUT2D eigenvalue weighted by molar-refractivity contribution is 0.684. The van der Waals surface area contributed by atoms with Crippen molar-refractivity contribution in [3.8, 4) is 0 Å². The van der Waals surface area contributed by atoms with Gasteiger partial charge in [-0.1, -0.05) is 60.7 Å². The molecule has 3 rings (SSSR count). The van der Waals surface area contributed by atoms with Gasteiger partial charge in [0.1, 0.15) is 0 Å². The van der Waals surface area contributed by atoms with Gasteiger partial charge in [0.15, 0.2) is 0 Å². The lowest BCUT2D eigenvalue weighted by Gasteiger charge is -2.03. The second-order valence-electron chi connectivity index (χ2n) is 4.81. The molecule has 0 bridgehead atoms. The largest absolute Gasteiger partial charge is 0.328 e. The van der Waals surface area contributed by atoms with Gasteiger partial charge in [0.05, 0.1) is 13.1 Å². The van der Waals surface area contributed by atoms with Crippen molar-refractivity contribution in [1.82, 2.24) is 9.13 Å². The van der Waals surface area contributed by atoms with Gasteiger partial charge < -0.3 is 0 Å². The maximum atomic E-state index is 12.3. The Bertz CT molecular complexity index is 664. The van der Waals surface area contributed by atoms with E-state index in [1.54, 1.807) is 9.13 Å². The molecular formula is C17H16N2O. The first-order chi connectivity index (χ1) is 9.83. The lowest BCUT2D eigenvalue weighted by atomic mass is 10.2. The van der Waals surface area contributed by atoms with Gasteiger partial charge >= 0.3 is 5.69 Å². The first kappa shape index (κ1) is 12.5. The number of rotatable bonds is 4. The van der Waals surface area contributed by atoms with Crippen LogP contribution in [0.4, 0.5) is 0 Å². The highest BCUT2D eigenvalue weighted by Crippen LogP contribution is 2.03. The minimum absolute atomic E-state index is 0.0257. The van der Waals surface area contributed by atoms with Crippen molar-refractivity contribution in [3.05, 3.63) is 94.7 Å². The molecule has 0 atom stereocenters. The molecular weight excluding hydrogens is 248 g/mol. The van der Waals surface area contributed by atoms with Gasteiger partial charge in [0.25, 0.3) is 0 Å². The minimum atomic E-state index is 0.0257. The molecule has 3 nitrogen and oxygen atoms in total. The van der Waals surface area contributed by atoms with E-state index in [-0.39, 0.29) is 5.69 Å². The van der Waals surface area contributed by atoms with E-state index in [0.717, 1.165) is 11.1 Å². The summed E-state index contributed by atoms with van der Waals surface area (Å²) < 4.78 is 3.47. The summed E-state index contributed by atoms with van der Waals surface area (Å²) in [6.07, 6.45) is 3.69. The summed E-state index contributed by atoms with van der Waals surface area (Å²) in [5, 5.41) is 0. The third kappa shape index (κ3) is 2.72. The van der Waals surface area contributed by atoms with Crippen molar-refractivity contribution in [2.75, 3.05) is 0 Å². The van der Waals surface area contributed by atoms with E-state index >= 15 is 0 Å². The zero-order valence-electron chi connectivity index (χ0n) is 11.1. The fourth-order valence-corrected chi connectivity index (χ4v) is 2.25. The monoisotopic (exact) mass is 264 g/mol. The highest BCUT2D eigenvalue weighted by Gasteiger charge is 2.04. The predicted octanol–water partition coefficient (Wildman–Crippen LogP) is 2.75. The topological polar surface area (TPSA) is 26.9 Å². The average Bonchev–Trinajstić information content (AvgIpc) is 2.83. The van der Waals surface area contributed by atoms with E-state index in [2.05, 4.69) is 0 Å². The van der Waals surface area contributed by atoms with Crippen molar-refractivity contribution in [2.24, 2.45) is 0 Å². The molecule has 1 aromatic heterocycles. The Kier molecular flexibility index (Phi) is 3.50. The van der Waals surface area contributed by atoms with Crippen molar-refractivity contribution in [3.63, 3.8) is 0 Å². The van der Waals surface area contributed by atoms with Crippen LogP contribution in [0.25, 0.3) is 0 Å². The molecule has 3 aromatic rings. The summed E-state index contributed by atoms with van der Waals surface area (Å²) in [6, 6.07) is 20.0. The van der Waals surface area contributed by atoms with Gasteiger partial charge in [-0.05, 0) is 11.1 Å². The van der Waals surface area contributed by atoms with Crippen LogP contribution in [0.2, 0.25) is 0 Å². The third-order valence-corrected chi connectivity index (χ3v) is 3.31. The second kappa shape index (κ2) is 5.61. The number of hydrogen-bond acceptors (Lipinski definition) is 1. The van der Waals surface area contributed by atoms with Crippen LogP contribution in [0.5, 0.6) is 0 Å². The quantitative estimate of drug-likeness (QED) is 0.712. The third-order valence-electron chi connectivity index (χ3n) is 3.31. The lowest BCUT2D eigenvalue weighted by Crippen LogP contribution is -2.24. The Hall–Kier alpha value is -2.55. The molecule has 2 aromatic carbocycles. The van der Waals surface area contributed by atoms with Crippen LogP contribution in [-0.4, -0.2) is 9.13 Å². The molecule has 0 aliphatic carbocycles. The fraction of sp³-hybridized carbons (Fsp3) is 0.118. The standard InChI is InChI=1S/C17H16N2O/c20-17-18(13-15-7-3-1-4-8-15)11-12-19(17)14-16-9-5-2-6-10-16/h1-12H,13-14H2. The minimum Gasteiger partial charge on any atom is -0.295 e. The van der Waals surface area contributed by atoms with Gasteiger partial charge in [0.2, 0.25) is 0 Å². The van der Waals surface area contributed by atoms with E-state index in [0.29, 0.717) is 13.1 Å². The van der Waals surface area contributed by atoms with Crippen molar-refractivity contribution >= 4 is 0 Å². The highest BCUT2D eigenvalue weighted by molar-refractivity contribution is 5.16. The Morgan fingerprint density at radius 3 is 1.45 bits per heavy atom. The molecule has 100 valence electrons. The van der Waals surface area contributed by atoms with E-state index < -0.39 is 0 Å². The molecule has 0 aliphatic heterocycles. The Balaban J connectivity index is 1.81. The number of benzene rings is 2. The fourth-order valence-electron chi connectivity index (χ4n) is 2.25. The summed E-state index contributed by atoms with van der Waals surface area (Å²) in [5.41, 5.74) is 2.29. The predicted molar refractivity (Wildman–Crippen MR) is 79.8 cm³/mol. The second-order valence-corrected chi connectivity index (χ2v) is 4.81. The highest BCUT2D eigenvalue weighted by atomic mass is 16.1. The van der Waals surface area contributed by atoms with E-state index in [1.165, 1.54) is 0 Å².